The lowest BCUT2D eigenvalue weighted by atomic mass is 10.0. The van der Waals surface area contributed by atoms with Gasteiger partial charge in [-0.3, -0.25) is 4.79 Å². The molecule has 0 spiro atoms. The van der Waals surface area contributed by atoms with Gasteiger partial charge in [0.2, 0.25) is 0 Å². The highest BCUT2D eigenvalue weighted by molar-refractivity contribution is 7.89. The fourth-order valence-corrected chi connectivity index (χ4v) is 3.11. The number of nitrogens with zero attached hydrogens (tertiary/aromatic N) is 2. The Morgan fingerprint density at radius 2 is 2.10 bits per heavy atom. The van der Waals surface area contributed by atoms with E-state index in [-0.39, 0.29) is 10.9 Å². The second-order valence-electron chi connectivity index (χ2n) is 4.74. The zero-order valence-corrected chi connectivity index (χ0v) is 12.9. The van der Waals surface area contributed by atoms with E-state index in [9.17, 15) is 13.2 Å². The molecule has 20 heavy (non-hydrogen) atoms. The zero-order valence-electron chi connectivity index (χ0n) is 12.1. The summed E-state index contributed by atoms with van der Waals surface area (Å²) in [7, 11) is -3.93. The molecule has 0 fully saturated rings. The molecule has 0 aliphatic heterocycles. The Hall–Kier alpha value is -1.41. The molecule has 1 rings (SSSR count). The molecule has 114 valence electrons. The van der Waals surface area contributed by atoms with E-state index in [2.05, 4.69) is 9.71 Å². The molecule has 1 aromatic heterocycles. The topological polar surface area (TPSA) is 101 Å². The first-order valence-electron chi connectivity index (χ1n) is 6.51. The van der Waals surface area contributed by atoms with Gasteiger partial charge in [-0.15, -0.1) is 0 Å². The Morgan fingerprint density at radius 3 is 2.50 bits per heavy atom. The lowest BCUT2D eigenvalue weighted by Gasteiger charge is -2.19. The molecule has 0 saturated carbocycles. The summed E-state index contributed by atoms with van der Waals surface area (Å²) in [4.78, 5) is 15.2. The van der Waals surface area contributed by atoms with E-state index in [1.807, 2.05) is 13.8 Å². The predicted molar refractivity (Wildman–Crippen MR) is 73.8 cm³/mol. The SMILES string of the molecule is CC[C@H](C)[C@H](NS(=O)(=O)c1cn(CC)c(C)n1)C(=O)O. The molecule has 0 bridgehead atoms. The van der Waals surface area contributed by atoms with Crippen LogP contribution in [0.3, 0.4) is 0 Å². The quantitative estimate of drug-likeness (QED) is 0.782. The van der Waals surface area contributed by atoms with Gasteiger partial charge in [-0.25, -0.2) is 13.4 Å². The third-order valence-corrected chi connectivity index (χ3v) is 4.64. The van der Waals surface area contributed by atoms with Gasteiger partial charge in [-0.1, -0.05) is 20.3 Å². The summed E-state index contributed by atoms with van der Waals surface area (Å²) in [6.45, 7) is 7.67. The monoisotopic (exact) mass is 303 g/mol. The number of carbonyl (C=O) groups is 1. The van der Waals surface area contributed by atoms with Crippen molar-refractivity contribution in [1.82, 2.24) is 14.3 Å². The van der Waals surface area contributed by atoms with Crippen LogP contribution in [0.1, 0.15) is 33.0 Å². The Kier molecular flexibility index (Phi) is 5.29. The number of sulfonamides is 1. The Labute approximate surface area is 119 Å². The highest BCUT2D eigenvalue weighted by Crippen LogP contribution is 2.14. The van der Waals surface area contributed by atoms with E-state index < -0.39 is 22.0 Å². The van der Waals surface area contributed by atoms with E-state index in [0.29, 0.717) is 18.8 Å². The van der Waals surface area contributed by atoms with Crippen LogP contribution >= 0.6 is 0 Å². The maximum atomic E-state index is 12.2. The molecular weight excluding hydrogens is 282 g/mol. The molecule has 0 aliphatic carbocycles. The van der Waals surface area contributed by atoms with E-state index in [4.69, 9.17) is 5.11 Å². The van der Waals surface area contributed by atoms with Crippen LogP contribution in [0.2, 0.25) is 0 Å². The molecule has 0 saturated heterocycles. The van der Waals surface area contributed by atoms with Crippen LogP contribution in [0, 0.1) is 12.8 Å². The van der Waals surface area contributed by atoms with Crippen LogP contribution < -0.4 is 4.72 Å². The number of imidazole rings is 1. The minimum absolute atomic E-state index is 0.147. The maximum absolute atomic E-state index is 12.2. The number of carboxylic acid groups (broad SMARTS) is 1. The summed E-state index contributed by atoms with van der Waals surface area (Å²) in [6, 6.07) is -1.16. The van der Waals surface area contributed by atoms with Crippen molar-refractivity contribution in [2.45, 2.75) is 51.7 Å². The molecule has 1 aromatic rings. The van der Waals surface area contributed by atoms with Crippen LogP contribution in [0.5, 0.6) is 0 Å². The molecule has 0 unspecified atom stereocenters. The summed E-state index contributed by atoms with van der Waals surface area (Å²) in [6.07, 6.45) is 1.97. The Bertz CT molecular complexity index is 580. The fraction of sp³-hybridized carbons (Fsp3) is 0.667. The van der Waals surface area contributed by atoms with Crippen molar-refractivity contribution in [1.29, 1.82) is 0 Å². The zero-order chi connectivity index (χ0) is 15.5. The van der Waals surface area contributed by atoms with Crippen LogP contribution in [-0.4, -0.2) is 35.1 Å². The number of aryl methyl sites for hydroxylation is 2. The molecule has 8 heteroatoms. The van der Waals surface area contributed by atoms with E-state index in [1.165, 1.54) is 6.20 Å². The van der Waals surface area contributed by atoms with Crippen molar-refractivity contribution in [2.75, 3.05) is 0 Å². The van der Waals surface area contributed by atoms with Gasteiger partial charge in [0.15, 0.2) is 5.03 Å². The van der Waals surface area contributed by atoms with Crippen molar-refractivity contribution in [2.24, 2.45) is 5.92 Å². The largest absolute Gasteiger partial charge is 0.480 e. The van der Waals surface area contributed by atoms with Gasteiger partial charge >= 0.3 is 5.97 Å². The van der Waals surface area contributed by atoms with Crippen LogP contribution in [-0.2, 0) is 21.4 Å². The number of carboxylic acids is 1. The molecule has 0 radical (unpaired) electrons. The smallest absolute Gasteiger partial charge is 0.322 e. The summed E-state index contributed by atoms with van der Waals surface area (Å²) >= 11 is 0. The Morgan fingerprint density at radius 1 is 1.50 bits per heavy atom. The first-order chi connectivity index (χ1) is 9.22. The highest BCUT2D eigenvalue weighted by atomic mass is 32.2. The van der Waals surface area contributed by atoms with Crippen molar-refractivity contribution in [3.63, 3.8) is 0 Å². The second kappa shape index (κ2) is 6.36. The van der Waals surface area contributed by atoms with Crippen LogP contribution in [0.4, 0.5) is 0 Å². The van der Waals surface area contributed by atoms with Gasteiger partial charge in [0.05, 0.1) is 0 Å². The van der Waals surface area contributed by atoms with Crippen molar-refractivity contribution in [3.8, 4) is 0 Å². The number of nitrogens with one attached hydrogen (secondary N) is 1. The van der Waals surface area contributed by atoms with Crippen molar-refractivity contribution in [3.05, 3.63) is 12.0 Å². The highest BCUT2D eigenvalue weighted by Gasteiger charge is 2.30. The van der Waals surface area contributed by atoms with Gasteiger partial charge in [0.1, 0.15) is 11.9 Å². The predicted octanol–water partition coefficient (Wildman–Crippen LogP) is 0.989. The van der Waals surface area contributed by atoms with Gasteiger partial charge in [0, 0.05) is 12.7 Å². The number of hydrogen-bond acceptors (Lipinski definition) is 4. The number of rotatable bonds is 7. The molecule has 0 amide bonds. The fourth-order valence-electron chi connectivity index (χ4n) is 1.80. The summed E-state index contributed by atoms with van der Waals surface area (Å²) in [5.41, 5.74) is 0. The van der Waals surface area contributed by atoms with Gasteiger partial charge in [-0.05, 0) is 19.8 Å². The van der Waals surface area contributed by atoms with Gasteiger partial charge < -0.3 is 9.67 Å². The first-order valence-corrected chi connectivity index (χ1v) is 8.00. The van der Waals surface area contributed by atoms with Crippen LogP contribution in [0.25, 0.3) is 0 Å². The second-order valence-corrected chi connectivity index (χ2v) is 6.40. The standard InChI is InChI=1S/C12H21N3O4S/c1-5-8(3)11(12(16)17)14-20(18,19)10-7-15(6-2)9(4)13-10/h7-8,11,14H,5-6H2,1-4H3,(H,16,17)/t8-,11-/m0/s1. The van der Waals surface area contributed by atoms with E-state index >= 15 is 0 Å². The normalized spacial score (nSPS) is 15.0. The average Bonchev–Trinajstić information content (AvgIpc) is 2.77. The van der Waals surface area contributed by atoms with Crippen molar-refractivity contribution < 1.29 is 18.3 Å². The Balaban J connectivity index is 3.06. The third-order valence-electron chi connectivity index (χ3n) is 3.33. The first kappa shape index (κ1) is 16.6. The van der Waals surface area contributed by atoms with E-state index in [0.717, 1.165) is 0 Å². The average molecular weight is 303 g/mol. The molecule has 7 nitrogen and oxygen atoms in total. The minimum atomic E-state index is -3.93. The van der Waals surface area contributed by atoms with Gasteiger partial charge in [-0.2, -0.15) is 4.72 Å². The minimum Gasteiger partial charge on any atom is -0.480 e. The summed E-state index contributed by atoms with van der Waals surface area (Å²) in [5.74, 6) is -0.922. The number of hydrogen-bond donors (Lipinski definition) is 2. The molecular formula is C12H21N3O4S. The van der Waals surface area contributed by atoms with E-state index in [1.54, 1.807) is 18.4 Å². The molecule has 2 N–H and O–H groups in total. The number of aliphatic carboxylic acids is 1. The number of aromatic nitrogens is 2. The lowest BCUT2D eigenvalue weighted by molar-refractivity contribution is -0.140. The molecule has 1 heterocycles. The third kappa shape index (κ3) is 3.57. The van der Waals surface area contributed by atoms with Gasteiger partial charge in [0.25, 0.3) is 10.0 Å². The lowest BCUT2D eigenvalue weighted by Crippen LogP contribution is -2.45. The summed E-state index contributed by atoms with van der Waals surface area (Å²) < 4.78 is 28.3. The van der Waals surface area contributed by atoms with Crippen molar-refractivity contribution >= 4 is 16.0 Å². The summed E-state index contributed by atoms with van der Waals surface area (Å²) in [5, 5.41) is 8.99. The molecule has 2 atom stereocenters. The molecule has 0 aromatic carbocycles. The molecule has 0 aliphatic rings. The van der Waals surface area contributed by atoms with Crippen LogP contribution in [0.15, 0.2) is 11.2 Å². The maximum Gasteiger partial charge on any atom is 0.322 e.